The molecule has 3 aromatic heterocycles. The highest BCUT2D eigenvalue weighted by atomic mass is 16.5. The molecule has 0 aliphatic heterocycles. The summed E-state index contributed by atoms with van der Waals surface area (Å²) < 4.78 is 15.4. The zero-order chi connectivity index (χ0) is 38.4. The van der Waals surface area contributed by atoms with Crippen LogP contribution in [0, 0.1) is 6.33 Å². The second-order valence-corrected chi connectivity index (χ2v) is 14.3. The van der Waals surface area contributed by atoms with E-state index in [-0.39, 0.29) is 0 Å². The molecule has 0 N–H and O–H groups in total. The maximum atomic E-state index is 6.71. The quantitative estimate of drug-likeness (QED) is 0.115. The normalized spacial score (nSPS) is 11.4. The Bertz CT molecular complexity index is 3190. The molecule has 0 atom stereocenters. The Morgan fingerprint density at radius 3 is 1.84 bits per heavy atom. The van der Waals surface area contributed by atoms with E-state index in [4.69, 9.17) is 9.72 Å². The number of nitrogens with zero attached hydrogens (tertiary/aromatic N) is 5. The molecule has 0 radical (unpaired) electrons. The van der Waals surface area contributed by atoms with Gasteiger partial charge in [-0.25, -0.2) is 4.98 Å². The number of hydrogen-bond acceptors (Lipinski definition) is 2. The van der Waals surface area contributed by atoms with Gasteiger partial charge in [-0.1, -0.05) is 146 Å². The van der Waals surface area contributed by atoms with Crippen LogP contribution in [0.2, 0.25) is 0 Å². The predicted molar refractivity (Wildman–Crippen MR) is 232 cm³/mol. The van der Waals surface area contributed by atoms with Gasteiger partial charge < -0.3 is 4.74 Å². The summed E-state index contributed by atoms with van der Waals surface area (Å²) in [6, 6.07) is 69.5. The summed E-state index contributed by atoms with van der Waals surface area (Å²) in [7, 11) is 0. The van der Waals surface area contributed by atoms with Gasteiger partial charge in [-0.2, -0.15) is 0 Å². The number of rotatable bonds is 8. The number of hydrogen-bond donors (Lipinski definition) is 0. The van der Waals surface area contributed by atoms with Crippen LogP contribution in [0.4, 0.5) is 0 Å². The van der Waals surface area contributed by atoms with Crippen LogP contribution in [-0.4, -0.2) is 18.7 Å². The molecule has 0 aliphatic rings. The number of para-hydroxylation sites is 5. The van der Waals surface area contributed by atoms with Crippen LogP contribution >= 0.6 is 0 Å². The maximum Gasteiger partial charge on any atom is 0.269 e. The van der Waals surface area contributed by atoms with Gasteiger partial charge in [0, 0.05) is 34.9 Å². The molecule has 3 heterocycles. The third-order valence-electron chi connectivity index (χ3n) is 10.8. The van der Waals surface area contributed by atoms with Crippen molar-refractivity contribution in [3.8, 4) is 56.8 Å². The highest BCUT2D eigenvalue weighted by Gasteiger charge is 2.21. The second-order valence-electron chi connectivity index (χ2n) is 14.3. The molecule has 0 saturated heterocycles. The van der Waals surface area contributed by atoms with Crippen molar-refractivity contribution in [2.45, 2.75) is 0 Å². The molecule has 0 unspecified atom stereocenters. The maximum absolute atomic E-state index is 6.71. The minimum atomic E-state index is 0.720. The number of fused-ring (bicyclic) bond motifs is 4. The third-order valence-corrected chi connectivity index (χ3v) is 10.8. The van der Waals surface area contributed by atoms with Crippen LogP contribution in [0.5, 0.6) is 11.5 Å². The lowest BCUT2D eigenvalue weighted by molar-refractivity contribution is -0.571. The van der Waals surface area contributed by atoms with Gasteiger partial charge >= 0.3 is 0 Å². The Kier molecular flexibility index (Phi) is 8.04. The first-order chi connectivity index (χ1) is 28.8. The summed E-state index contributed by atoms with van der Waals surface area (Å²) in [6.45, 7) is 0. The predicted octanol–water partition coefficient (Wildman–Crippen LogP) is 12.1. The van der Waals surface area contributed by atoms with Crippen LogP contribution in [0.1, 0.15) is 0 Å². The molecule has 0 saturated carbocycles. The lowest BCUT2D eigenvalue weighted by atomic mass is 9.95. The molecule has 0 aliphatic carbocycles. The van der Waals surface area contributed by atoms with Gasteiger partial charge in [0.2, 0.25) is 5.95 Å². The van der Waals surface area contributed by atoms with Gasteiger partial charge in [0.1, 0.15) is 11.5 Å². The topological polar surface area (TPSA) is 40.8 Å². The molecule has 11 aromatic rings. The van der Waals surface area contributed by atoms with E-state index < -0.39 is 0 Å². The molecule has 6 nitrogen and oxygen atoms in total. The first-order valence-electron chi connectivity index (χ1n) is 19.4. The highest BCUT2D eigenvalue weighted by Crippen LogP contribution is 2.37. The van der Waals surface area contributed by atoms with Crippen molar-refractivity contribution in [1.82, 2.24) is 18.7 Å². The molecule has 0 amide bonds. The first kappa shape index (κ1) is 33.4. The summed E-state index contributed by atoms with van der Waals surface area (Å²) in [5, 5.41) is 2.28. The van der Waals surface area contributed by atoms with E-state index in [1.807, 2.05) is 48.8 Å². The van der Waals surface area contributed by atoms with E-state index in [0.717, 1.165) is 89.6 Å². The van der Waals surface area contributed by atoms with Crippen molar-refractivity contribution in [2.24, 2.45) is 0 Å². The van der Waals surface area contributed by atoms with Gasteiger partial charge in [-0.3, -0.25) is 18.3 Å². The average molecular weight is 746 g/mol. The Morgan fingerprint density at radius 1 is 0.483 bits per heavy atom. The van der Waals surface area contributed by atoms with Gasteiger partial charge in [0.25, 0.3) is 6.33 Å². The third kappa shape index (κ3) is 5.66. The number of benzene rings is 8. The lowest BCUT2D eigenvalue weighted by Gasteiger charge is -2.17. The largest absolute Gasteiger partial charge is 0.458 e. The molecule has 6 heteroatoms. The zero-order valence-electron chi connectivity index (χ0n) is 31.4. The van der Waals surface area contributed by atoms with Crippen molar-refractivity contribution in [2.75, 3.05) is 0 Å². The number of ether oxygens (including phenoxy) is 1. The van der Waals surface area contributed by atoms with Gasteiger partial charge in [0.15, 0.2) is 0 Å². The Hall–Kier alpha value is -7.96. The monoisotopic (exact) mass is 745 g/mol. The van der Waals surface area contributed by atoms with Crippen molar-refractivity contribution in [3.05, 3.63) is 219 Å². The second kappa shape index (κ2) is 14.0. The van der Waals surface area contributed by atoms with Crippen LogP contribution in [-0.2, 0) is 0 Å². The van der Waals surface area contributed by atoms with E-state index >= 15 is 0 Å². The van der Waals surface area contributed by atoms with Crippen molar-refractivity contribution in [1.29, 1.82) is 0 Å². The van der Waals surface area contributed by atoms with Crippen LogP contribution in [0.3, 0.4) is 0 Å². The minimum Gasteiger partial charge on any atom is -0.458 e. The molecule has 58 heavy (non-hydrogen) atoms. The van der Waals surface area contributed by atoms with Crippen LogP contribution < -0.4 is 9.30 Å². The van der Waals surface area contributed by atoms with Crippen LogP contribution in [0.15, 0.2) is 213 Å². The van der Waals surface area contributed by atoms with Gasteiger partial charge in [-0.15, -0.1) is 0 Å². The Labute approximate surface area is 335 Å². The molecule has 274 valence electrons. The summed E-state index contributed by atoms with van der Waals surface area (Å²) in [5.41, 5.74) is 11.7. The molecular weight excluding hydrogens is 711 g/mol. The molecule has 0 bridgehead atoms. The number of imidazole rings is 2. The fourth-order valence-electron chi connectivity index (χ4n) is 8.21. The fraction of sp³-hybridized carbons (Fsp3) is 0. The van der Waals surface area contributed by atoms with E-state index in [9.17, 15) is 0 Å². The minimum absolute atomic E-state index is 0.720. The van der Waals surface area contributed by atoms with E-state index in [1.165, 1.54) is 0 Å². The Balaban J connectivity index is 1.02. The first-order valence-corrected chi connectivity index (χ1v) is 19.4. The molecule has 8 aromatic carbocycles. The number of aromatic nitrogens is 5. The van der Waals surface area contributed by atoms with Gasteiger partial charge in [-0.05, 0) is 70.8 Å². The molecular formula is C52H35N5O. The zero-order valence-corrected chi connectivity index (χ0v) is 31.4. The van der Waals surface area contributed by atoms with E-state index in [1.54, 1.807) is 0 Å². The molecule has 11 rings (SSSR count). The Morgan fingerprint density at radius 2 is 1.09 bits per heavy atom. The highest BCUT2D eigenvalue weighted by molar-refractivity contribution is 6.09. The summed E-state index contributed by atoms with van der Waals surface area (Å²) in [6.07, 6.45) is 7.64. The SMILES string of the molecule is [c-]1n(-c2cccc(Oc3ccc4c5ccccc5n(-c5nccn5-c5ccccc5)c4c3)c2)c2ccccc2[n+]1-c1c(-c2ccccc2)cccc1-c1ccccc1. The van der Waals surface area contributed by atoms with E-state index in [2.05, 4.69) is 188 Å². The van der Waals surface area contributed by atoms with Gasteiger partial charge in [0.05, 0.1) is 33.4 Å². The molecule has 0 spiro atoms. The van der Waals surface area contributed by atoms with Crippen molar-refractivity contribution >= 4 is 32.8 Å². The summed E-state index contributed by atoms with van der Waals surface area (Å²) in [5.74, 6) is 2.26. The standard InChI is InChI=1S/C52H35N5O/c1-4-16-37(17-5-1)43-25-15-26-44(38-18-6-2-7-19-38)51(43)56-36-55(48-28-12-13-29-49(48)56)40-22-14-23-41(34-40)58-42-30-31-46-45-24-10-11-27-47(45)57(50(46)35-42)52-53-32-33-54(52)39-20-8-3-9-21-39/h1-35H. The van der Waals surface area contributed by atoms with Crippen molar-refractivity contribution in [3.63, 3.8) is 0 Å². The summed E-state index contributed by atoms with van der Waals surface area (Å²) >= 11 is 0. The fourth-order valence-corrected chi connectivity index (χ4v) is 8.21. The smallest absolute Gasteiger partial charge is 0.269 e. The summed E-state index contributed by atoms with van der Waals surface area (Å²) in [4.78, 5) is 4.86. The van der Waals surface area contributed by atoms with E-state index in [0.29, 0.717) is 0 Å². The van der Waals surface area contributed by atoms with Crippen LogP contribution in [0.25, 0.3) is 78.1 Å². The average Bonchev–Trinajstić information content (AvgIpc) is 4.01. The lowest BCUT2D eigenvalue weighted by Crippen LogP contribution is -2.31. The molecule has 0 fully saturated rings. The van der Waals surface area contributed by atoms with Crippen molar-refractivity contribution < 1.29 is 9.30 Å².